The first-order valence-electron chi connectivity index (χ1n) is 6.21. The Morgan fingerprint density at radius 1 is 1.37 bits per heavy atom. The number of rotatable bonds is 4. The van der Waals surface area contributed by atoms with Crippen LogP contribution in [0.15, 0.2) is 18.2 Å². The van der Waals surface area contributed by atoms with E-state index in [4.69, 9.17) is 16.3 Å². The summed E-state index contributed by atoms with van der Waals surface area (Å²) in [6, 6.07) is 5.34. The molecule has 1 aliphatic rings. The predicted molar refractivity (Wildman–Crippen MR) is 77.9 cm³/mol. The van der Waals surface area contributed by atoms with Crippen LogP contribution in [0, 0.1) is 0 Å². The first-order chi connectivity index (χ1) is 8.91. The molecule has 1 aliphatic carbocycles. The molecule has 2 atom stereocenters. The van der Waals surface area contributed by atoms with Gasteiger partial charge in [-0.25, -0.2) is 8.42 Å². The smallest absolute Gasteiger partial charge is 0.152 e. The summed E-state index contributed by atoms with van der Waals surface area (Å²) in [6.45, 7) is 0. The molecule has 2 rings (SSSR count). The van der Waals surface area contributed by atoms with E-state index in [0.29, 0.717) is 10.8 Å². The number of hydrogen-bond acceptors (Lipinski definition) is 4. The standard InChI is InChI=1S/C13H18ClNO3S/c1-18-12-7-6-9(8-10(12)14)15-11-4-3-5-13(11)19(2,16)17/h6-8,11,13,15H,3-5H2,1-2H3. The topological polar surface area (TPSA) is 55.4 Å². The highest BCUT2D eigenvalue weighted by Gasteiger charge is 2.34. The zero-order valence-corrected chi connectivity index (χ0v) is 12.6. The van der Waals surface area contributed by atoms with E-state index in [9.17, 15) is 8.42 Å². The van der Waals surface area contributed by atoms with Crippen LogP contribution in [0.4, 0.5) is 5.69 Å². The second-order valence-electron chi connectivity index (χ2n) is 4.90. The minimum Gasteiger partial charge on any atom is -0.495 e. The molecular weight excluding hydrogens is 286 g/mol. The molecule has 4 nitrogen and oxygen atoms in total. The molecule has 1 N–H and O–H groups in total. The van der Waals surface area contributed by atoms with E-state index in [1.807, 2.05) is 6.07 Å². The van der Waals surface area contributed by atoms with Crippen LogP contribution in [0.2, 0.25) is 5.02 Å². The van der Waals surface area contributed by atoms with Gasteiger partial charge in [0.2, 0.25) is 0 Å². The number of methoxy groups -OCH3 is 1. The minimum atomic E-state index is -3.01. The van der Waals surface area contributed by atoms with Crippen molar-refractivity contribution in [2.45, 2.75) is 30.6 Å². The molecule has 0 bridgehead atoms. The molecule has 0 aliphatic heterocycles. The van der Waals surface area contributed by atoms with Gasteiger partial charge in [0.25, 0.3) is 0 Å². The summed E-state index contributed by atoms with van der Waals surface area (Å²) in [4.78, 5) is 0. The Morgan fingerprint density at radius 3 is 2.68 bits per heavy atom. The highest BCUT2D eigenvalue weighted by Crippen LogP contribution is 2.31. The number of sulfone groups is 1. The first-order valence-corrected chi connectivity index (χ1v) is 8.54. The van der Waals surface area contributed by atoms with Gasteiger partial charge in [-0.2, -0.15) is 0 Å². The van der Waals surface area contributed by atoms with Crippen LogP contribution in [-0.4, -0.2) is 33.1 Å². The molecule has 6 heteroatoms. The van der Waals surface area contributed by atoms with Crippen molar-refractivity contribution >= 4 is 27.1 Å². The van der Waals surface area contributed by atoms with Gasteiger partial charge in [0, 0.05) is 18.0 Å². The van der Waals surface area contributed by atoms with Crippen molar-refractivity contribution in [1.82, 2.24) is 0 Å². The van der Waals surface area contributed by atoms with Gasteiger partial charge in [0.1, 0.15) is 5.75 Å². The number of hydrogen-bond donors (Lipinski definition) is 1. The molecule has 106 valence electrons. The molecule has 0 spiro atoms. The monoisotopic (exact) mass is 303 g/mol. The van der Waals surface area contributed by atoms with E-state index in [-0.39, 0.29) is 11.3 Å². The van der Waals surface area contributed by atoms with E-state index in [2.05, 4.69) is 5.32 Å². The van der Waals surface area contributed by atoms with Gasteiger partial charge in [-0.1, -0.05) is 11.6 Å². The molecule has 1 aromatic rings. The minimum absolute atomic E-state index is 0.0422. The number of benzene rings is 1. The van der Waals surface area contributed by atoms with E-state index in [1.54, 1.807) is 19.2 Å². The Hall–Kier alpha value is -0.940. The maximum Gasteiger partial charge on any atom is 0.152 e. The van der Waals surface area contributed by atoms with Gasteiger partial charge in [0.15, 0.2) is 9.84 Å². The van der Waals surface area contributed by atoms with Gasteiger partial charge < -0.3 is 10.1 Å². The van der Waals surface area contributed by atoms with Crippen LogP contribution in [0.5, 0.6) is 5.75 Å². The van der Waals surface area contributed by atoms with E-state index >= 15 is 0 Å². The molecule has 0 aromatic heterocycles. The summed E-state index contributed by atoms with van der Waals surface area (Å²) in [5, 5.41) is 3.47. The molecule has 19 heavy (non-hydrogen) atoms. The van der Waals surface area contributed by atoms with Crippen molar-refractivity contribution in [2.24, 2.45) is 0 Å². The van der Waals surface area contributed by atoms with Crippen LogP contribution in [-0.2, 0) is 9.84 Å². The highest BCUT2D eigenvalue weighted by atomic mass is 35.5. The molecule has 1 fully saturated rings. The second kappa shape index (κ2) is 5.59. The number of anilines is 1. The normalized spacial score (nSPS) is 23.3. The van der Waals surface area contributed by atoms with Crippen LogP contribution in [0.1, 0.15) is 19.3 Å². The van der Waals surface area contributed by atoms with Crippen molar-refractivity contribution in [3.8, 4) is 5.75 Å². The van der Waals surface area contributed by atoms with Crippen LogP contribution >= 0.6 is 11.6 Å². The third kappa shape index (κ3) is 3.34. The van der Waals surface area contributed by atoms with Crippen molar-refractivity contribution in [2.75, 3.05) is 18.7 Å². The second-order valence-corrected chi connectivity index (χ2v) is 7.57. The van der Waals surface area contributed by atoms with Crippen molar-refractivity contribution in [1.29, 1.82) is 0 Å². The molecule has 0 heterocycles. The maximum atomic E-state index is 11.7. The quantitative estimate of drug-likeness (QED) is 0.929. The Bertz CT molecular complexity index is 559. The van der Waals surface area contributed by atoms with E-state index in [1.165, 1.54) is 6.26 Å². The average molecular weight is 304 g/mol. The van der Waals surface area contributed by atoms with Gasteiger partial charge in [-0.3, -0.25) is 0 Å². The Balaban J connectivity index is 2.15. The third-order valence-corrected chi connectivity index (χ3v) is 5.47. The third-order valence-electron chi connectivity index (χ3n) is 3.51. The summed E-state index contributed by atoms with van der Waals surface area (Å²) >= 11 is 6.06. The zero-order chi connectivity index (χ0) is 14.0. The largest absolute Gasteiger partial charge is 0.495 e. The Morgan fingerprint density at radius 2 is 2.11 bits per heavy atom. The fraction of sp³-hybridized carbons (Fsp3) is 0.538. The SMILES string of the molecule is COc1ccc(NC2CCCC2S(C)(=O)=O)cc1Cl. The van der Waals surface area contributed by atoms with Gasteiger partial charge in [-0.15, -0.1) is 0 Å². The Kier molecular flexibility index (Phi) is 4.26. The van der Waals surface area contributed by atoms with Gasteiger partial charge >= 0.3 is 0 Å². The lowest BCUT2D eigenvalue weighted by Gasteiger charge is -2.21. The lowest BCUT2D eigenvalue weighted by Crippen LogP contribution is -2.34. The molecule has 1 saturated carbocycles. The van der Waals surface area contributed by atoms with Crippen LogP contribution < -0.4 is 10.1 Å². The van der Waals surface area contributed by atoms with E-state index < -0.39 is 9.84 Å². The van der Waals surface area contributed by atoms with Gasteiger partial charge in [-0.05, 0) is 37.5 Å². The highest BCUT2D eigenvalue weighted by molar-refractivity contribution is 7.91. The molecule has 0 radical (unpaired) electrons. The van der Waals surface area contributed by atoms with E-state index in [0.717, 1.165) is 24.9 Å². The maximum absolute atomic E-state index is 11.7. The number of ether oxygens (including phenoxy) is 1. The average Bonchev–Trinajstić information content (AvgIpc) is 2.77. The summed E-state index contributed by atoms with van der Waals surface area (Å²) in [5.74, 6) is 0.610. The van der Waals surface area contributed by atoms with Crippen LogP contribution in [0.25, 0.3) is 0 Å². The summed E-state index contributed by atoms with van der Waals surface area (Å²) < 4.78 is 28.5. The zero-order valence-electron chi connectivity index (χ0n) is 11.0. The fourth-order valence-corrected chi connectivity index (χ4v) is 4.23. The fourth-order valence-electron chi connectivity index (χ4n) is 2.57. The molecule has 0 saturated heterocycles. The summed E-state index contributed by atoms with van der Waals surface area (Å²) in [7, 11) is -1.45. The predicted octanol–water partition coefficient (Wildman–Crippen LogP) is 2.73. The van der Waals surface area contributed by atoms with Crippen molar-refractivity contribution in [3.05, 3.63) is 23.2 Å². The molecule has 1 aromatic carbocycles. The Labute approximate surface area is 119 Å². The lowest BCUT2D eigenvalue weighted by molar-refractivity contribution is 0.415. The van der Waals surface area contributed by atoms with Crippen molar-refractivity contribution in [3.63, 3.8) is 0 Å². The summed E-state index contributed by atoms with van der Waals surface area (Å²) in [5.41, 5.74) is 0.825. The molecule has 2 unspecified atom stereocenters. The number of halogens is 1. The van der Waals surface area contributed by atoms with Gasteiger partial charge in [0.05, 0.1) is 17.4 Å². The van der Waals surface area contributed by atoms with Crippen molar-refractivity contribution < 1.29 is 13.2 Å². The number of nitrogens with one attached hydrogen (secondary N) is 1. The summed E-state index contributed by atoms with van der Waals surface area (Å²) in [6.07, 6.45) is 3.82. The molecule has 0 amide bonds. The molecular formula is C13H18ClNO3S. The van der Waals surface area contributed by atoms with Crippen LogP contribution in [0.3, 0.4) is 0 Å². The lowest BCUT2D eigenvalue weighted by atomic mass is 10.2. The first kappa shape index (κ1) is 14.5.